The molecule has 6 heteroatoms. The number of nitrogens with zero attached hydrogens (tertiary/aromatic N) is 1. The maximum Gasteiger partial charge on any atom is 0.335 e. The second-order valence-corrected chi connectivity index (χ2v) is 6.33. The van der Waals surface area contributed by atoms with Crippen LogP contribution in [-0.2, 0) is 4.79 Å². The molecule has 2 N–H and O–H groups in total. The Morgan fingerprint density at radius 1 is 1.25 bits per heavy atom. The van der Waals surface area contributed by atoms with Crippen molar-refractivity contribution in [3.05, 3.63) is 58.3 Å². The van der Waals surface area contributed by atoms with Crippen LogP contribution in [0.5, 0.6) is 0 Å². The number of rotatable bonds is 2. The third-order valence-corrected chi connectivity index (χ3v) is 4.90. The van der Waals surface area contributed by atoms with Gasteiger partial charge in [0.2, 0.25) is 11.9 Å². The highest BCUT2D eigenvalue weighted by atomic mass is 19.1. The first-order valence-corrected chi connectivity index (χ1v) is 7.83. The number of hydrogen-bond donors (Lipinski definition) is 2. The smallest absolute Gasteiger partial charge is 0.335 e. The van der Waals surface area contributed by atoms with E-state index in [1.54, 1.807) is 24.3 Å². The Morgan fingerprint density at radius 2 is 2.00 bits per heavy atom. The van der Waals surface area contributed by atoms with Gasteiger partial charge in [-0.25, -0.2) is 9.79 Å². The minimum Gasteiger partial charge on any atom is -0.478 e. The van der Waals surface area contributed by atoms with Crippen LogP contribution in [0, 0.1) is 5.92 Å². The molecule has 0 bridgehead atoms. The quantitative estimate of drug-likeness (QED) is 0.877. The normalized spacial score (nSPS) is 25.5. The standard InChI is InChI=1S/C18H15FN2O3/c19-17-13-7-15(22)20-8-12-5-11(6-14(21-17)16(12)13)9-1-3-10(4-2-9)18(23)24/h1-4,7,11-12H,5-6,8H2,(H,20,22)(H,23,24). The molecule has 0 fully saturated rings. The van der Waals surface area contributed by atoms with E-state index in [2.05, 4.69) is 10.3 Å². The third kappa shape index (κ3) is 2.35. The lowest BCUT2D eigenvalue weighted by Crippen LogP contribution is -2.29. The largest absolute Gasteiger partial charge is 0.478 e. The molecule has 2 aliphatic heterocycles. The monoisotopic (exact) mass is 326 g/mol. The number of amides is 1. The zero-order chi connectivity index (χ0) is 16.8. The van der Waals surface area contributed by atoms with E-state index < -0.39 is 11.9 Å². The number of aromatic carboxylic acids is 1. The van der Waals surface area contributed by atoms with Crippen LogP contribution in [0.2, 0.25) is 0 Å². The van der Waals surface area contributed by atoms with E-state index >= 15 is 0 Å². The second kappa shape index (κ2) is 5.40. The van der Waals surface area contributed by atoms with Crippen LogP contribution in [0.15, 0.2) is 52.2 Å². The molecular formula is C18H15FN2O3. The SMILES string of the molecule is O=C1C=C2C(F)=NC3=C2C(CN1)CC(c1ccc(C(=O)O)cc1)C3. The number of allylic oxidation sites excluding steroid dienone is 2. The summed E-state index contributed by atoms with van der Waals surface area (Å²) in [5.41, 5.74) is 3.13. The molecule has 0 saturated carbocycles. The summed E-state index contributed by atoms with van der Waals surface area (Å²) in [5.74, 6) is -1.68. The van der Waals surface area contributed by atoms with Crippen molar-refractivity contribution >= 4 is 17.8 Å². The molecule has 4 rings (SSSR count). The molecule has 122 valence electrons. The highest BCUT2D eigenvalue weighted by molar-refractivity contribution is 6.07. The molecule has 1 amide bonds. The second-order valence-electron chi connectivity index (χ2n) is 6.33. The molecule has 2 unspecified atom stereocenters. The summed E-state index contributed by atoms with van der Waals surface area (Å²) in [6, 6.07) is 6.78. The fraction of sp³-hybridized carbons (Fsp3) is 0.278. The average molecular weight is 326 g/mol. The summed E-state index contributed by atoms with van der Waals surface area (Å²) in [5, 5.41) is 11.8. The number of carbonyl (C=O) groups is 2. The number of carboxylic acid groups (broad SMARTS) is 1. The molecule has 24 heavy (non-hydrogen) atoms. The number of aliphatic imine (C=N–C) groups is 1. The molecular weight excluding hydrogens is 311 g/mol. The lowest BCUT2D eigenvalue weighted by Gasteiger charge is -2.30. The molecule has 0 saturated heterocycles. The van der Waals surface area contributed by atoms with Gasteiger partial charge in [-0.2, -0.15) is 4.39 Å². The van der Waals surface area contributed by atoms with Crippen LogP contribution in [0.1, 0.15) is 34.7 Å². The molecule has 1 aliphatic carbocycles. The summed E-state index contributed by atoms with van der Waals surface area (Å²) in [6.45, 7) is 0.462. The first kappa shape index (κ1) is 14.8. The molecule has 0 radical (unpaired) electrons. The average Bonchev–Trinajstić information content (AvgIpc) is 2.76. The van der Waals surface area contributed by atoms with Gasteiger partial charge in [-0.15, -0.1) is 0 Å². The summed E-state index contributed by atoms with van der Waals surface area (Å²) in [7, 11) is 0. The number of carboxylic acids is 1. The van der Waals surface area contributed by atoms with Gasteiger partial charge < -0.3 is 10.4 Å². The molecule has 2 heterocycles. The summed E-state index contributed by atoms with van der Waals surface area (Å²) in [6.07, 6.45) is 2.66. The molecule has 5 nitrogen and oxygen atoms in total. The Bertz CT molecular complexity index is 836. The topological polar surface area (TPSA) is 78.8 Å². The van der Waals surface area contributed by atoms with Crippen molar-refractivity contribution < 1.29 is 19.1 Å². The van der Waals surface area contributed by atoms with E-state index in [0.717, 1.165) is 17.6 Å². The van der Waals surface area contributed by atoms with Gasteiger partial charge in [-0.3, -0.25) is 4.79 Å². The van der Waals surface area contributed by atoms with Crippen molar-refractivity contribution in [2.75, 3.05) is 6.54 Å². The third-order valence-electron chi connectivity index (χ3n) is 4.90. The van der Waals surface area contributed by atoms with E-state index in [1.807, 2.05) is 0 Å². The van der Waals surface area contributed by atoms with Gasteiger partial charge in [0, 0.05) is 29.8 Å². The van der Waals surface area contributed by atoms with Crippen molar-refractivity contribution in [3.8, 4) is 0 Å². The van der Waals surface area contributed by atoms with E-state index in [4.69, 9.17) is 5.11 Å². The van der Waals surface area contributed by atoms with Crippen molar-refractivity contribution in [1.29, 1.82) is 0 Å². The van der Waals surface area contributed by atoms with E-state index in [9.17, 15) is 14.0 Å². The minimum atomic E-state index is -0.959. The highest BCUT2D eigenvalue weighted by Gasteiger charge is 2.38. The van der Waals surface area contributed by atoms with E-state index in [-0.39, 0.29) is 23.3 Å². The van der Waals surface area contributed by atoms with Crippen molar-refractivity contribution in [2.45, 2.75) is 18.8 Å². The fourth-order valence-corrected chi connectivity index (χ4v) is 3.78. The Morgan fingerprint density at radius 3 is 2.71 bits per heavy atom. The van der Waals surface area contributed by atoms with E-state index in [1.165, 1.54) is 6.08 Å². The number of benzene rings is 1. The van der Waals surface area contributed by atoms with Crippen LogP contribution in [0.4, 0.5) is 4.39 Å². The predicted molar refractivity (Wildman–Crippen MR) is 85.5 cm³/mol. The fourth-order valence-electron chi connectivity index (χ4n) is 3.78. The van der Waals surface area contributed by atoms with Crippen LogP contribution >= 0.6 is 0 Å². The predicted octanol–water partition coefficient (Wildman–Crippen LogP) is 2.57. The van der Waals surface area contributed by atoms with Gasteiger partial charge in [0.1, 0.15) is 0 Å². The summed E-state index contributed by atoms with van der Waals surface area (Å²) in [4.78, 5) is 26.7. The van der Waals surface area contributed by atoms with Gasteiger partial charge in [0.25, 0.3) is 0 Å². The first-order valence-electron chi connectivity index (χ1n) is 7.83. The van der Waals surface area contributed by atoms with Crippen LogP contribution in [0.3, 0.4) is 0 Å². The molecule has 1 aromatic rings. The molecule has 3 aliphatic rings. The van der Waals surface area contributed by atoms with Gasteiger partial charge in [0.15, 0.2) is 0 Å². The lowest BCUT2D eigenvalue weighted by molar-refractivity contribution is -0.116. The minimum absolute atomic E-state index is 0.0209. The van der Waals surface area contributed by atoms with Crippen molar-refractivity contribution in [2.24, 2.45) is 10.9 Å². The van der Waals surface area contributed by atoms with Crippen LogP contribution < -0.4 is 5.32 Å². The van der Waals surface area contributed by atoms with Gasteiger partial charge >= 0.3 is 5.97 Å². The summed E-state index contributed by atoms with van der Waals surface area (Å²) < 4.78 is 14.1. The Balaban J connectivity index is 1.67. The van der Waals surface area contributed by atoms with Gasteiger partial charge in [-0.1, -0.05) is 12.1 Å². The number of halogens is 1. The Hall–Kier alpha value is -2.76. The number of carbonyl (C=O) groups excluding carboxylic acids is 1. The van der Waals surface area contributed by atoms with Crippen molar-refractivity contribution in [1.82, 2.24) is 5.32 Å². The van der Waals surface area contributed by atoms with Gasteiger partial charge in [-0.05, 0) is 42.0 Å². The maximum absolute atomic E-state index is 14.1. The van der Waals surface area contributed by atoms with Gasteiger partial charge in [0.05, 0.1) is 5.56 Å². The molecule has 1 aromatic carbocycles. The zero-order valence-electron chi connectivity index (χ0n) is 12.8. The molecule has 2 atom stereocenters. The van der Waals surface area contributed by atoms with E-state index in [0.29, 0.717) is 24.2 Å². The summed E-state index contributed by atoms with van der Waals surface area (Å²) >= 11 is 0. The number of nitrogens with one attached hydrogen (secondary N) is 1. The Kier molecular flexibility index (Phi) is 3.33. The Labute approximate surface area is 137 Å². The maximum atomic E-state index is 14.1. The van der Waals surface area contributed by atoms with Crippen LogP contribution in [-0.4, -0.2) is 29.5 Å². The number of hydrogen-bond acceptors (Lipinski definition) is 3. The van der Waals surface area contributed by atoms with Crippen LogP contribution in [0.25, 0.3) is 0 Å². The first-order chi connectivity index (χ1) is 11.5. The molecule has 0 spiro atoms. The lowest BCUT2D eigenvalue weighted by atomic mass is 9.75. The van der Waals surface area contributed by atoms with Crippen molar-refractivity contribution in [3.63, 3.8) is 0 Å². The zero-order valence-corrected chi connectivity index (χ0v) is 12.8. The highest BCUT2D eigenvalue weighted by Crippen LogP contribution is 2.46. The molecule has 0 aromatic heterocycles.